The lowest BCUT2D eigenvalue weighted by molar-refractivity contribution is -0.00151. The molecule has 2 aromatic rings. The molecule has 0 bridgehead atoms. The van der Waals surface area contributed by atoms with Crippen LogP contribution in [0, 0.1) is 0 Å². The van der Waals surface area contributed by atoms with Gasteiger partial charge < -0.3 is 19.9 Å². The van der Waals surface area contributed by atoms with Crippen molar-refractivity contribution < 1.29 is 9.53 Å². The maximum atomic E-state index is 12.0. The number of amides is 2. The van der Waals surface area contributed by atoms with Crippen molar-refractivity contribution in [3.8, 4) is 0 Å². The fourth-order valence-corrected chi connectivity index (χ4v) is 3.09. The second-order valence-corrected chi connectivity index (χ2v) is 5.90. The quantitative estimate of drug-likeness (QED) is 0.915. The Balaban J connectivity index is 1.56. The van der Waals surface area contributed by atoms with E-state index in [0.29, 0.717) is 6.61 Å². The van der Waals surface area contributed by atoms with E-state index in [1.807, 2.05) is 34.6 Å². The minimum Gasteiger partial charge on any atom is -0.372 e. The predicted molar refractivity (Wildman–Crippen MR) is 81.4 cm³/mol. The molecule has 0 spiro atoms. The zero-order chi connectivity index (χ0) is 14.7. The molecule has 7 heteroatoms. The third-order valence-corrected chi connectivity index (χ3v) is 4.27. The lowest BCUT2D eigenvalue weighted by Gasteiger charge is -2.30. The predicted octanol–water partition coefficient (Wildman–Crippen LogP) is 2.52. The lowest BCUT2D eigenvalue weighted by Crippen LogP contribution is -2.42. The number of rotatable bonds is 3. The molecule has 0 unspecified atom stereocenters. The molecular weight excluding hydrogens is 288 g/mol. The first kappa shape index (κ1) is 14.1. The summed E-state index contributed by atoms with van der Waals surface area (Å²) < 4.78 is 7.75. The number of thiophene rings is 1. The van der Waals surface area contributed by atoms with E-state index in [-0.39, 0.29) is 18.2 Å². The summed E-state index contributed by atoms with van der Waals surface area (Å²) in [7, 11) is 1.95. The second kappa shape index (κ2) is 6.28. The molecular formula is C14H18N4O2S. The number of ether oxygens (including phenoxy) is 1. The summed E-state index contributed by atoms with van der Waals surface area (Å²) in [6.07, 6.45) is 5.15. The molecule has 2 atom stereocenters. The maximum Gasteiger partial charge on any atom is 0.319 e. The number of nitrogens with one attached hydrogen (secondary N) is 2. The Bertz CT molecular complexity index is 596. The van der Waals surface area contributed by atoms with E-state index in [1.54, 1.807) is 17.7 Å². The molecule has 0 saturated carbocycles. The topological polar surface area (TPSA) is 68.2 Å². The summed E-state index contributed by atoms with van der Waals surface area (Å²) in [6, 6.07) is 1.83. The van der Waals surface area contributed by atoms with Gasteiger partial charge in [-0.3, -0.25) is 0 Å². The van der Waals surface area contributed by atoms with E-state index in [1.165, 1.54) is 0 Å². The molecule has 0 aromatic carbocycles. The van der Waals surface area contributed by atoms with Crippen molar-refractivity contribution in [2.45, 2.75) is 25.0 Å². The van der Waals surface area contributed by atoms with Crippen molar-refractivity contribution in [1.82, 2.24) is 14.9 Å². The van der Waals surface area contributed by atoms with Crippen LogP contribution in [0.15, 0.2) is 29.4 Å². The molecule has 3 rings (SSSR count). The number of anilines is 1. The van der Waals surface area contributed by atoms with E-state index < -0.39 is 0 Å². The molecule has 1 fully saturated rings. The van der Waals surface area contributed by atoms with Gasteiger partial charge in [-0.1, -0.05) is 0 Å². The maximum absolute atomic E-state index is 12.0. The number of hydrogen-bond acceptors (Lipinski definition) is 4. The largest absolute Gasteiger partial charge is 0.372 e. The first-order valence-electron chi connectivity index (χ1n) is 6.90. The number of imidazole rings is 1. The molecule has 0 radical (unpaired) electrons. The zero-order valence-electron chi connectivity index (χ0n) is 11.8. The van der Waals surface area contributed by atoms with Gasteiger partial charge in [-0.25, -0.2) is 9.78 Å². The number of aromatic nitrogens is 2. The molecule has 2 aromatic heterocycles. The van der Waals surface area contributed by atoms with Crippen LogP contribution in [-0.4, -0.2) is 28.2 Å². The molecule has 3 heterocycles. The van der Waals surface area contributed by atoms with E-state index in [0.717, 1.165) is 24.2 Å². The Hall–Kier alpha value is -1.86. The SMILES string of the molecule is Cn1cncc1[C@@H]1C[C@H](NC(=O)Nc2ccsc2)CCO1. The highest BCUT2D eigenvalue weighted by molar-refractivity contribution is 7.08. The first-order chi connectivity index (χ1) is 10.2. The van der Waals surface area contributed by atoms with Crippen LogP contribution in [-0.2, 0) is 11.8 Å². The average molecular weight is 306 g/mol. The Kier molecular flexibility index (Phi) is 4.21. The summed E-state index contributed by atoms with van der Waals surface area (Å²) in [6.45, 7) is 0.638. The van der Waals surface area contributed by atoms with E-state index in [4.69, 9.17) is 4.74 Å². The molecule has 1 aliphatic heterocycles. The smallest absolute Gasteiger partial charge is 0.319 e. The van der Waals surface area contributed by atoms with Gasteiger partial charge in [-0.2, -0.15) is 11.3 Å². The standard InChI is InChI=1S/C14H18N4O2S/c1-18-9-15-7-12(18)13-6-10(2-4-20-13)16-14(19)17-11-3-5-21-8-11/h3,5,7-10,13H,2,4,6H2,1H3,(H2,16,17,19)/t10-,13+/m1/s1. The molecule has 1 saturated heterocycles. The molecule has 21 heavy (non-hydrogen) atoms. The van der Waals surface area contributed by atoms with Crippen LogP contribution in [0.5, 0.6) is 0 Å². The van der Waals surface area contributed by atoms with Gasteiger partial charge in [0.25, 0.3) is 0 Å². The molecule has 0 aliphatic carbocycles. The third-order valence-electron chi connectivity index (χ3n) is 3.58. The Labute approximate surface area is 127 Å². The number of carbonyl (C=O) groups is 1. The van der Waals surface area contributed by atoms with Gasteiger partial charge in [-0.05, 0) is 24.3 Å². The van der Waals surface area contributed by atoms with Gasteiger partial charge in [0, 0.05) is 25.1 Å². The summed E-state index contributed by atoms with van der Waals surface area (Å²) in [5.74, 6) is 0. The van der Waals surface area contributed by atoms with Crippen LogP contribution in [0.4, 0.5) is 10.5 Å². The van der Waals surface area contributed by atoms with E-state index in [9.17, 15) is 4.79 Å². The van der Waals surface area contributed by atoms with E-state index in [2.05, 4.69) is 15.6 Å². The van der Waals surface area contributed by atoms with Crippen LogP contribution in [0.25, 0.3) is 0 Å². The molecule has 112 valence electrons. The number of aryl methyl sites for hydroxylation is 1. The monoisotopic (exact) mass is 306 g/mol. The number of nitrogens with zero attached hydrogens (tertiary/aromatic N) is 2. The first-order valence-corrected chi connectivity index (χ1v) is 7.84. The molecule has 2 N–H and O–H groups in total. The second-order valence-electron chi connectivity index (χ2n) is 5.12. The molecule has 1 aliphatic rings. The van der Waals surface area contributed by atoms with Crippen molar-refractivity contribution in [2.24, 2.45) is 7.05 Å². The van der Waals surface area contributed by atoms with Crippen molar-refractivity contribution in [1.29, 1.82) is 0 Å². The summed E-state index contributed by atoms with van der Waals surface area (Å²) in [4.78, 5) is 16.1. The van der Waals surface area contributed by atoms with Crippen molar-refractivity contribution in [2.75, 3.05) is 11.9 Å². The van der Waals surface area contributed by atoms with Crippen LogP contribution in [0.3, 0.4) is 0 Å². The van der Waals surface area contributed by atoms with Gasteiger partial charge >= 0.3 is 6.03 Å². The van der Waals surface area contributed by atoms with Crippen molar-refractivity contribution in [3.05, 3.63) is 35.0 Å². The van der Waals surface area contributed by atoms with Crippen molar-refractivity contribution in [3.63, 3.8) is 0 Å². The Morgan fingerprint density at radius 2 is 2.48 bits per heavy atom. The highest BCUT2D eigenvalue weighted by Crippen LogP contribution is 2.27. The van der Waals surface area contributed by atoms with Crippen LogP contribution >= 0.6 is 11.3 Å². The Morgan fingerprint density at radius 1 is 1.57 bits per heavy atom. The highest BCUT2D eigenvalue weighted by Gasteiger charge is 2.26. The van der Waals surface area contributed by atoms with Gasteiger partial charge in [0.15, 0.2) is 0 Å². The highest BCUT2D eigenvalue weighted by atomic mass is 32.1. The fourth-order valence-electron chi connectivity index (χ4n) is 2.50. The Morgan fingerprint density at radius 3 is 3.19 bits per heavy atom. The van der Waals surface area contributed by atoms with Gasteiger partial charge in [0.05, 0.1) is 23.9 Å². The van der Waals surface area contributed by atoms with Gasteiger partial charge in [0.1, 0.15) is 6.10 Å². The van der Waals surface area contributed by atoms with Crippen LogP contribution in [0.2, 0.25) is 0 Å². The molecule has 6 nitrogen and oxygen atoms in total. The van der Waals surface area contributed by atoms with Crippen LogP contribution < -0.4 is 10.6 Å². The lowest BCUT2D eigenvalue weighted by atomic mass is 10.0. The third kappa shape index (κ3) is 3.43. The average Bonchev–Trinajstić information content (AvgIpc) is 3.10. The summed E-state index contributed by atoms with van der Waals surface area (Å²) in [5.41, 5.74) is 1.87. The fraction of sp³-hybridized carbons (Fsp3) is 0.429. The van der Waals surface area contributed by atoms with E-state index >= 15 is 0 Å². The normalized spacial score (nSPS) is 22.0. The summed E-state index contributed by atoms with van der Waals surface area (Å²) in [5, 5.41) is 9.68. The van der Waals surface area contributed by atoms with Crippen molar-refractivity contribution >= 4 is 23.1 Å². The minimum atomic E-state index is -0.163. The minimum absolute atomic E-state index is 0.0160. The summed E-state index contributed by atoms with van der Waals surface area (Å²) >= 11 is 1.56. The zero-order valence-corrected chi connectivity index (χ0v) is 12.6. The van der Waals surface area contributed by atoms with Crippen LogP contribution in [0.1, 0.15) is 24.6 Å². The van der Waals surface area contributed by atoms with Gasteiger partial charge in [-0.15, -0.1) is 0 Å². The number of carbonyl (C=O) groups excluding carboxylic acids is 1. The molecule has 2 amide bonds. The number of hydrogen-bond donors (Lipinski definition) is 2. The van der Waals surface area contributed by atoms with Gasteiger partial charge in [0.2, 0.25) is 0 Å². The number of urea groups is 1.